The standard InChI is InChI=1S/C65H50N2/c1-45-63(51-34-19-7-20-35-51)66-65(52-36-21-8-22-37-52)67-64(45)56-41-54(58-39-23-38-57(47-26-11-3-12-27-47)61(58)50-32-17-6-18-33-50)40-55(42-56)62-59(48-28-13-4-14-29-48)43-53(46-24-9-2-10-25-46)44-60(62)49-30-15-5-16-31-49/h2-44,64-67H,1H3. The maximum atomic E-state index is 4.13. The Morgan fingerprint density at radius 3 is 1.21 bits per heavy atom. The smallest absolute Gasteiger partial charge is 0.104 e. The summed E-state index contributed by atoms with van der Waals surface area (Å²) < 4.78 is 0. The van der Waals surface area contributed by atoms with E-state index in [0.717, 1.165) is 16.8 Å². The predicted octanol–water partition coefficient (Wildman–Crippen LogP) is 16.7. The highest BCUT2D eigenvalue weighted by atomic mass is 15.2. The largest absolute Gasteiger partial charge is 0.365 e. The molecule has 10 aromatic carbocycles. The van der Waals surface area contributed by atoms with Crippen molar-refractivity contribution in [2.75, 3.05) is 0 Å². The highest BCUT2D eigenvalue weighted by molar-refractivity contribution is 6.00. The lowest BCUT2D eigenvalue weighted by atomic mass is 9.81. The minimum atomic E-state index is -0.137. The van der Waals surface area contributed by atoms with Crippen LogP contribution < -0.4 is 10.6 Å². The fourth-order valence-electron chi connectivity index (χ4n) is 9.95. The summed E-state index contributed by atoms with van der Waals surface area (Å²) in [6.45, 7) is 2.28. The number of rotatable bonds is 10. The third-order valence-electron chi connectivity index (χ3n) is 13.2. The van der Waals surface area contributed by atoms with E-state index in [1.165, 1.54) is 89.0 Å². The average Bonchev–Trinajstić information content (AvgIpc) is 3.42. The molecule has 1 heterocycles. The van der Waals surface area contributed by atoms with Gasteiger partial charge in [-0.05, 0) is 137 Å². The van der Waals surface area contributed by atoms with Crippen LogP contribution in [0.1, 0.15) is 35.8 Å². The van der Waals surface area contributed by atoms with Crippen LogP contribution in [0.4, 0.5) is 0 Å². The molecule has 0 bridgehead atoms. The molecule has 2 nitrogen and oxygen atoms in total. The molecule has 2 unspecified atom stereocenters. The first-order chi connectivity index (χ1) is 33.2. The average molecular weight is 859 g/mol. The molecule has 0 saturated heterocycles. The second-order valence-corrected chi connectivity index (χ2v) is 17.4. The van der Waals surface area contributed by atoms with Gasteiger partial charge in [-0.1, -0.05) is 231 Å². The lowest BCUT2D eigenvalue weighted by Crippen LogP contribution is -2.41. The van der Waals surface area contributed by atoms with Gasteiger partial charge in [-0.15, -0.1) is 0 Å². The molecule has 11 rings (SSSR count). The molecule has 1 aliphatic rings. The van der Waals surface area contributed by atoms with Gasteiger partial charge in [0.15, 0.2) is 0 Å². The van der Waals surface area contributed by atoms with Crippen molar-refractivity contribution >= 4 is 5.70 Å². The Bertz CT molecular complexity index is 3250. The molecule has 2 atom stereocenters. The van der Waals surface area contributed by atoms with Crippen LogP contribution in [0.2, 0.25) is 0 Å². The van der Waals surface area contributed by atoms with E-state index in [2.05, 4.69) is 278 Å². The van der Waals surface area contributed by atoms with E-state index in [1.54, 1.807) is 0 Å². The van der Waals surface area contributed by atoms with Crippen molar-refractivity contribution in [1.29, 1.82) is 0 Å². The van der Waals surface area contributed by atoms with E-state index in [1.807, 2.05) is 0 Å². The van der Waals surface area contributed by atoms with Crippen LogP contribution in [0.15, 0.2) is 266 Å². The van der Waals surface area contributed by atoms with Gasteiger partial charge in [0.2, 0.25) is 0 Å². The SMILES string of the molecule is CC1=C(c2ccccc2)NC(c2ccccc2)NC1c1cc(-c2cccc(-c3ccccc3)c2-c2ccccc2)cc(-c2c(-c3ccccc3)cc(-c3ccccc3)cc2-c2ccccc2)c1. The van der Waals surface area contributed by atoms with Gasteiger partial charge in [0.1, 0.15) is 6.17 Å². The summed E-state index contributed by atoms with van der Waals surface area (Å²) in [5.41, 5.74) is 22.4. The molecule has 2 N–H and O–H groups in total. The minimum absolute atomic E-state index is 0.136. The summed E-state index contributed by atoms with van der Waals surface area (Å²) in [5.74, 6) is 0. The van der Waals surface area contributed by atoms with Crippen LogP contribution in [-0.4, -0.2) is 0 Å². The van der Waals surface area contributed by atoms with Crippen molar-refractivity contribution in [3.8, 4) is 77.9 Å². The Morgan fingerprint density at radius 2 is 0.687 bits per heavy atom. The van der Waals surface area contributed by atoms with Crippen molar-refractivity contribution in [3.05, 3.63) is 283 Å². The van der Waals surface area contributed by atoms with Gasteiger partial charge >= 0.3 is 0 Å². The van der Waals surface area contributed by atoms with Gasteiger partial charge in [0.05, 0.1) is 6.04 Å². The Balaban J connectivity index is 1.24. The second kappa shape index (κ2) is 18.7. The van der Waals surface area contributed by atoms with Gasteiger partial charge in [-0.3, -0.25) is 5.32 Å². The number of benzene rings is 10. The van der Waals surface area contributed by atoms with Gasteiger partial charge in [-0.25, -0.2) is 0 Å². The fraction of sp³-hybridized carbons (Fsp3) is 0.0462. The molecule has 0 radical (unpaired) electrons. The highest BCUT2D eigenvalue weighted by Gasteiger charge is 2.30. The predicted molar refractivity (Wildman–Crippen MR) is 282 cm³/mol. The van der Waals surface area contributed by atoms with Crippen LogP contribution in [-0.2, 0) is 0 Å². The van der Waals surface area contributed by atoms with E-state index in [9.17, 15) is 0 Å². The summed E-state index contributed by atoms with van der Waals surface area (Å²) >= 11 is 0. The normalized spacial score (nSPS) is 14.6. The van der Waals surface area contributed by atoms with Crippen LogP contribution in [0.3, 0.4) is 0 Å². The minimum Gasteiger partial charge on any atom is -0.365 e. The summed E-state index contributed by atoms with van der Waals surface area (Å²) in [6.07, 6.45) is -0.136. The van der Waals surface area contributed by atoms with Gasteiger partial charge in [0, 0.05) is 5.70 Å². The van der Waals surface area contributed by atoms with Gasteiger partial charge in [0.25, 0.3) is 0 Å². The first-order valence-corrected chi connectivity index (χ1v) is 23.2. The van der Waals surface area contributed by atoms with Crippen molar-refractivity contribution in [2.24, 2.45) is 0 Å². The molecule has 1 aliphatic heterocycles. The van der Waals surface area contributed by atoms with Crippen LogP contribution in [0.5, 0.6) is 0 Å². The zero-order valence-electron chi connectivity index (χ0n) is 37.5. The number of hydrogen-bond donors (Lipinski definition) is 2. The Kier molecular flexibility index (Phi) is 11.5. The Hall–Kier alpha value is -8.30. The third kappa shape index (κ3) is 8.43. The third-order valence-corrected chi connectivity index (χ3v) is 13.2. The van der Waals surface area contributed by atoms with E-state index in [0.29, 0.717) is 0 Å². The molecule has 2 heteroatoms. The molecule has 320 valence electrons. The monoisotopic (exact) mass is 858 g/mol. The summed E-state index contributed by atoms with van der Waals surface area (Å²) in [5, 5.41) is 8.07. The van der Waals surface area contributed by atoms with Crippen molar-refractivity contribution in [2.45, 2.75) is 19.1 Å². The van der Waals surface area contributed by atoms with Gasteiger partial charge in [-0.2, -0.15) is 0 Å². The van der Waals surface area contributed by atoms with E-state index < -0.39 is 0 Å². The maximum Gasteiger partial charge on any atom is 0.104 e. The maximum absolute atomic E-state index is 4.13. The molecule has 0 amide bonds. The van der Waals surface area contributed by atoms with E-state index in [-0.39, 0.29) is 12.2 Å². The second-order valence-electron chi connectivity index (χ2n) is 17.4. The molecule has 10 aromatic rings. The zero-order valence-corrected chi connectivity index (χ0v) is 37.5. The van der Waals surface area contributed by atoms with Gasteiger partial charge < -0.3 is 5.32 Å². The van der Waals surface area contributed by atoms with Crippen LogP contribution >= 0.6 is 0 Å². The lowest BCUT2D eigenvalue weighted by Gasteiger charge is -2.37. The number of hydrogen-bond acceptors (Lipinski definition) is 2. The number of nitrogens with one attached hydrogen (secondary N) is 2. The Morgan fingerprint density at radius 1 is 0.284 bits per heavy atom. The highest BCUT2D eigenvalue weighted by Crippen LogP contribution is 2.48. The van der Waals surface area contributed by atoms with Crippen molar-refractivity contribution < 1.29 is 0 Å². The molecule has 67 heavy (non-hydrogen) atoms. The van der Waals surface area contributed by atoms with E-state index in [4.69, 9.17) is 0 Å². The molecular weight excluding hydrogens is 809 g/mol. The molecule has 0 saturated carbocycles. The zero-order chi connectivity index (χ0) is 44.9. The summed E-state index contributed by atoms with van der Waals surface area (Å²) in [6, 6.07) is 94.7. The molecular formula is C65H50N2. The van der Waals surface area contributed by atoms with Crippen molar-refractivity contribution in [1.82, 2.24) is 10.6 Å². The summed E-state index contributed by atoms with van der Waals surface area (Å²) in [4.78, 5) is 0. The quantitative estimate of drug-likeness (QED) is 0.143. The summed E-state index contributed by atoms with van der Waals surface area (Å²) in [7, 11) is 0. The van der Waals surface area contributed by atoms with Crippen molar-refractivity contribution in [3.63, 3.8) is 0 Å². The molecule has 0 aromatic heterocycles. The van der Waals surface area contributed by atoms with E-state index >= 15 is 0 Å². The molecule has 0 fully saturated rings. The Labute approximate surface area is 394 Å². The molecule has 0 spiro atoms. The topological polar surface area (TPSA) is 24.1 Å². The fourth-order valence-corrected chi connectivity index (χ4v) is 9.95. The molecule has 0 aliphatic carbocycles. The first kappa shape index (κ1) is 41.4. The van der Waals surface area contributed by atoms with Crippen LogP contribution in [0.25, 0.3) is 83.6 Å². The van der Waals surface area contributed by atoms with Crippen LogP contribution in [0, 0.1) is 0 Å². The first-order valence-electron chi connectivity index (χ1n) is 23.2. The lowest BCUT2D eigenvalue weighted by molar-refractivity contribution is 0.427.